The highest BCUT2D eigenvalue weighted by Gasteiger charge is 2.28. The normalized spacial score (nSPS) is 12.8. The fourth-order valence-corrected chi connectivity index (χ4v) is 5.91. The number of ketones is 1. The van der Waals surface area contributed by atoms with Crippen molar-refractivity contribution in [1.82, 2.24) is 4.98 Å². The number of benzene rings is 2. The van der Waals surface area contributed by atoms with E-state index in [4.69, 9.17) is 14.6 Å². The van der Waals surface area contributed by atoms with Crippen LogP contribution in [-0.2, 0) is 31.5 Å². The molecule has 3 aromatic rings. The molecule has 2 aromatic carbocycles. The quantitative estimate of drug-likeness (QED) is 0.260. The van der Waals surface area contributed by atoms with Crippen molar-refractivity contribution in [3.8, 4) is 22.4 Å². The third-order valence-electron chi connectivity index (χ3n) is 5.94. The number of carboxylic acids is 1. The second-order valence-electron chi connectivity index (χ2n) is 8.35. The van der Waals surface area contributed by atoms with Gasteiger partial charge < -0.3 is 9.63 Å². The van der Waals surface area contributed by atoms with Crippen LogP contribution in [0.1, 0.15) is 30.2 Å². The van der Waals surface area contributed by atoms with Crippen LogP contribution in [0.4, 0.5) is 4.39 Å². The SMILES string of the molecule is CCc1nc(-c2ccccc2)c(C)c(-c2ccc(F)cc2)c1CCP(=O)(CC(=O)CC(=O)O)OC. The van der Waals surface area contributed by atoms with Crippen LogP contribution in [0.3, 0.4) is 0 Å². The van der Waals surface area contributed by atoms with Crippen LogP contribution in [0.2, 0.25) is 0 Å². The number of aliphatic carboxylic acids is 1. The van der Waals surface area contributed by atoms with E-state index in [0.29, 0.717) is 12.8 Å². The minimum absolute atomic E-state index is 0.0574. The lowest BCUT2D eigenvalue weighted by Gasteiger charge is -2.22. The Hall–Kier alpha value is -3.15. The van der Waals surface area contributed by atoms with Crippen molar-refractivity contribution >= 4 is 19.1 Å². The molecule has 0 aliphatic carbocycles. The summed E-state index contributed by atoms with van der Waals surface area (Å²) in [6.45, 7) is 3.94. The molecule has 184 valence electrons. The Balaban J connectivity index is 2.10. The van der Waals surface area contributed by atoms with Gasteiger partial charge in [0.1, 0.15) is 12.2 Å². The standard InChI is InChI=1S/C27H29FNO5P/c1-4-24-23(14-15-35(33,34-3)17-22(30)16-25(31)32)26(19-10-12-21(28)13-11-19)18(2)27(29-24)20-8-6-5-7-9-20/h5-13H,4,14-17H2,1-3H3,(H,31,32). The van der Waals surface area contributed by atoms with Crippen molar-refractivity contribution in [1.29, 1.82) is 0 Å². The van der Waals surface area contributed by atoms with Gasteiger partial charge in [0.25, 0.3) is 0 Å². The van der Waals surface area contributed by atoms with Gasteiger partial charge in [-0.3, -0.25) is 19.1 Å². The first-order valence-electron chi connectivity index (χ1n) is 11.4. The number of carboxylic acid groups (broad SMARTS) is 1. The van der Waals surface area contributed by atoms with Crippen LogP contribution in [0.15, 0.2) is 54.6 Å². The van der Waals surface area contributed by atoms with E-state index in [1.807, 2.05) is 44.2 Å². The van der Waals surface area contributed by atoms with Crippen molar-refractivity contribution in [3.63, 3.8) is 0 Å². The summed E-state index contributed by atoms with van der Waals surface area (Å²) >= 11 is 0. The lowest BCUT2D eigenvalue weighted by molar-refractivity contribution is -0.139. The first-order valence-corrected chi connectivity index (χ1v) is 13.4. The third-order valence-corrected chi connectivity index (χ3v) is 8.35. The molecule has 1 atom stereocenters. The van der Waals surface area contributed by atoms with E-state index in [-0.39, 0.29) is 12.0 Å². The molecule has 8 heteroatoms. The Labute approximate surface area is 204 Å². The molecule has 1 heterocycles. The summed E-state index contributed by atoms with van der Waals surface area (Å²) in [5.74, 6) is -2.24. The van der Waals surface area contributed by atoms with Crippen molar-refractivity contribution in [2.24, 2.45) is 0 Å². The Morgan fingerprint density at radius 3 is 2.29 bits per heavy atom. The molecule has 0 radical (unpaired) electrons. The zero-order valence-electron chi connectivity index (χ0n) is 20.1. The maximum Gasteiger partial charge on any atom is 0.310 e. The Morgan fingerprint density at radius 1 is 1.06 bits per heavy atom. The molecule has 35 heavy (non-hydrogen) atoms. The van der Waals surface area contributed by atoms with Crippen LogP contribution >= 0.6 is 7.37 Å². The molecule has 1 N–H and O–H groups in total. The van der Waals surface area contributed by atoms with Gasteiger partial charge in [0.05, 0.1) is 11.9 Å². The molecule has 1 unspecified atom stereocenters. The summed E-state index contributed by atoms with van der Waals surface area (Å²) in [7, 11) is -2.14. The van der Waals surface area contributed by atoms with Crippen LogP contribution < -0.4 is 0 Å². The number of aryl methyl sites for hydroxylation is 1. The van der Waals surface area contributed by atoms with Crippen molar-refractivity contribution in [2.75, 3.05) is 19.4 Å². The maximum absolute atomic E-state index is 13.7. The summed E-state index contributed by atoms with van der Waals surface area (Å²) in [5, 5.41) is 8.88. The predicted octanol–water partition coefficient (Wildman–Crippen LogP) is 5.94. The zero-order chi connectivity index (χ0) is 25.6. The number of carbonyl (C=O) groups excluding carboxylic acids is 1. The minimum atomic E-state index is -3.41. The number of hydrogen-bond acceptors (Lipinski definition) is 5. The second kappa shape index (κ2) is 11.5. The highest BCUT2D eigenvalue weighted by Crippen LogP contribution is 2.47. The van der Waals surface area contributed by atoms with E-state index in [0.717, 1.165) is 39.2 Å². The number of hydrogen-bond donors (Lipinski definition) is 1. The summed E-state index contributed by atoms with van der Waals surface area (Å²) in [5.41, 5.74) is 6.04. The number of halogens is 1. The van der Waals surface area contributed by atoms with E-state index < -0.39 is 31.7 Å². The van der Waals surface area contributed by atoms with E-state index in [1.54, 1.807) is 12.1 Å². The number of Topliss-reactive ketones (excluding diaryl/α,β-unsaturated/α-hetero) is 1. The largest absolute Gasteiger partial charge is 0.481 e. The molecule has 0 spiro atoms. The van der Waals surface area contributed by atoms with Gasteiger partial charge in [-0.25, -0.2) is 4.39 Å². The molecule has 0 saturated carbocycles. The van der Waals surface area contributed by atoms with Gasteiger partial charge in [0.2, 0.25) is 7.37 Å². The summed E-state index contributed by atoms with van der Waals surface area (Å²) in [6, 6.07) is 16.0. The van der Waals surface area contributed by atoms with Crippen LogP contribution in [-0.4, -0.2) is 41.3 Å². The maximum atomic E-state index is 13.7. The lowest BCUT2D eigenvalue weighted by Crippen LogP contribution is -2.15. The van der Waals surface area contributed by atoms with Crippen LogP contribution in [0.25, 0.3) is 22.4 Å². The van der Waals surface area contributed by atoms with Crippen molar-refractivity contribution in [3.05, 3.63) is 77.2 Å². The van der Waals surface area contributed by atoms with Gasteiger partial charge in [-0.1, -0.05) is 49.4 Å². The molecule has 6 nitrogen and oxygen atoms in total. The highest BCUT2D eigenvalue weighted by atomic mass is 31.2. The van der Waals surface area contributed by atoms with Gasteiger partial charge >= 0.3 is 5.97 Å². The number of nitrogens with zero attached hydrogens (tertiary/aromatic N) is 1. The fourth-order valence-electron chi connectivity index (χ4n) is 4.23. The molecule has 0 aliphatic heterocycles. The van der Waals surface area contributed by atoms with Crippen molar-refractivity contribution in [2.45, 2.75) is 33.1 Å². The number of aromatic nitrogens is 1. The highest BCUT2D eigenvalue weighted by molar-refractivity contribution is 7.59. The molecule has 0 aliphatic rings. The van der Waals surface area contributed by atoms with E-state index in [1.165, 1.54) is 19.2 Å². The number of rotatable bonds is 11. The van der Waals surface area contributed by atoms with Gasteiger partial charge in [-0.2, -0.15) is 0 Å². The molecular formula is C27H29FNO5P. The molecule has 0 bridgehead atoms. The lowest BCUT2D eigenvalue weighted by atomic mass is 9.89. The Bertz CT molecular complexity index is 1260. The smallest absolute Gasteiger partial charge is 0.310 e. The predicted molar refractivity (Wildman–Crippen MR) is 134 cm³/mol. The average Bonchev–Trinajstić information content (AvgIpc) is 2.83. The molecule has 1 aromatic heterocycles. The number of carbonyl (C=O) groups is 2. The average molecular weight is 498 g/mol. The molecule has 0 amide bonds. The van der Waals surface area contributed by atoms with Crippen LogP contribution in [0.5, 0.6) is 0 Å². The summed E-state index contributed by atoms with van der Waals surface area (Å²) in [6.07, 6.45) is -0.149. The summed E-state index contributed by atoms with van der Waals surface area (Å²) < 4.78 is 32.3. The molecule has 3 rings (SSSR count). The van der Waals surface area contributed by atoms with Crippen molar-refractivity contribution < 1.29 is 28.2 Å². The Kier molecular flexibility index (Phi) is 8.71. The van der Waals surface area contributed by atoms with Gasteiger partial charge in [-0.05, 0) is 54.2 Å². The minimum Gasteiger partial charge on any atom is -0.481 e. The van der Waals surface area contributed by atoms with E-state index in [9.17, 15) is 18.5 Å². The summed E-state index contributed by atoms with van der Waals surface area (Å²) in [4.78, 5) is 27.9. The Morgan fingerprint density at radius 2 is 1.71 bits per heavy atom. The third kappa shape index (κ3) is 6.50. The molecule has 0 fully saturated rings. The topological polar surface area (TPSA) is 93.6 Å². The van der Waals surface area contributed by atoms with Gasteiger partial charge in [0, 0.05) is 24.5 Å². The fraction of sp³-hybridized carbons (Fsp3) is 0.296. The van der Waals surface area contributed by atoms with Gasteiger partial charge in [0.15, 0.2) is 5.78 Å². The molecular weight excluding hydrogens is 468 g/mol. The molecule has 0 saturated heterocycles. The number of pyridine rings is 1. The van der Waals surface area contributed by atoms with Crippen LogP contribution in [0, 0.1) is 12.7 Å². The van der Waals surface area contributed by atoms with E-state index in [2.05, 4.69) is 0 Å². The monoisotopic (exact) mass is 497 g/mol. The first-order chi connectivity index (χ1) is 16.7. The second-order valence-corrected chi connectivity index (χ2v) is 11.1. The first kappa shape index (κ1) is 26.5. The van der Waals surface area contributed by atoms with E-state index >= 15 is 0 Å². The van der Waals surface area contributed by atoms with Gasteiger partial charge in [-0.15, -0.1) is 0 Å². The zero-order valence-corrected chi connectivity index (χ0v) is 21.0.